The molecule has 3 aliphatic rings. The molecule has 0 spiro atoms. The first-order chi connectivity index (χ1) is 20.4. The largest absolute Gasteiger partial charge is 0.383 e. The highest BCUT2D eigenvalue weighted by atomic mass is 35.5. The van der Waals surface area contributed by atoms with Crippen LogP contribution in [0.4, 0.5) is 4.39 Å². The van der Waals surface area contributed by atoms with Gasteiger partial charge in [-0.3, -0.25) is 15.0 Å². The van der Waals surface area contributed by atoms with Gasteiger partial charge in [0.05, 0.1) is 19.0 Å². The van der Waals surface area contributed by atoms with E-state index in [0.717, 1.165) is 32.2 Å². The molecular formula is C28H40ClFN6O5S2. The van der Waals surface area contributed by atoms with Crippen LogP contribution in [0.25, 0.3) is 0 Å². The van der Waals surface area contributed by atoms with Crippen molar-refractivity contribution >= 4 is 51.0 Å². The van der Waals surface area contributed by atoms with Crippen molar-refractivity contribution in [1.82, 2.24) is 20.3 Å². The molecule has 15 heteroatoms. The lowest BCUT2D eigenvalue weighted by molar-refractivity contribution is -0.140. The molecule has 1 unspecified atom stereocenters. The van der Waals surface area contributed by atoms with E-state index in [2.05, 4.69) is 15.4 Å². The number of sulfonamides is 1. The molecule has 6 N–H and O–H groups in total. The van der Waals surface area contributed by atoms with Crippen LogP contribution in [-0.2, 0) is 31.0 Å². The first kappa shape index (κ1) is 33.7. The van der Waals surface area contributed by atoms with Crippen LogP contribution in [0.3, 0.4) is 0 Å². The lowest BCUT2D eigenvalue weighted by Gasteiger charge is -2.30. The molecule has 0 saturated carbocycles. The maximum absolute atomic E-state index is 14.4. The zero-order valence-corrected chi connectivity index (χ0v) is 26.5. The van der Waals surface area contributed by atoms with Gasteiger partial charge in [0.2, 0.25) is 21.8 Å². The molecule has 1 aromatic rings. The van der Waals surface area contributed by atoms with Crippen molar-refractivity contribution in [1.29, 1.82) is 5.41 Å². The van der Waals surface area contributed by atoms with Crippen molar-refractivity contribution in [3.8, 4) is 0 Å². The minimum atomic E-state index is -3.72. The molecule has 3 heterocycles. The van der Waals surface area contributed by atoms with Crippen LogP contribution in [0.5, 0.6) is 0 Å². The van der Waals surface area contributed by atoms with Crippen molar-refractivity contribution in [3.05, 3.63) is 45.6 Å². The van der Waals surface area contributed by atoms with Crippen molar-refractivity contribution in [2.45, 2.75) is 68.6 Å². The number of likely N-dealkylation sites (tertiary alicyclic amines) is 1. The van der Waals surface area contributed by atoms with Gasteiger partial charge in [0.15, 0.2) is 0 Å². The Hall–Kier alpha value is -2.23. The number of hydrogen-bond acceptors (Lipinski definition) is 8. The number of hydrogen-bond donors (Lipinski definition) is 5. The highest BCUT2D eigenvalue weighted by molar-refractivity contribution is 8.04. The van der Waals surface area contributed by atoms with Gasteiger partial charge in [0, 0.05) is 40.3 Å². The van der Waals surface area contributed by atoms with Crippen molar-refractivity contribution in [2.24, 2.45) is 11.7 Å². The number of amidine groups is 1. The molecule has 43 heavy (non-hydrogen) atoms. The summed E-state index contributed by atoms with van der Waals surface area (Å²) in [7, 11) is -3.72. The fraction of sp³-hybridized carbons (Fsp3) is 0.607. The van der Waals surface area contributed by atoms with E-state index in [1.165, 1.54) is 28.8 Å². The normalized spacial score (nSPS) is 23.7. The molecule has 2 fully saturated rings. The summed E-state index contributed by atoms with van der Waals surface area (Å²) in [6.45, 7) is 2.04. The quantitative estimate of drug-likeness (QED) is 0.159. The minimum Gasteiger partial charge on any atom is -0.383 e. The van der Waals surface area contributed by atoms with Gasteiger partial charge in [-0.2, -0.15) is 0 Å². The van der Waals surface area contributed by atoms with E-state index in [9.17, 15) is 22.4 Å². The highest BCUT2D eigenvalue weighted by Gasteiger charge is 2.43. The molecule has 4 atom stereocenters. The number of ether oxygens (including phenoxy) is 1. The summed E-state index contributed by atoms with van der Waals surface area (Å²) >= 11 is 7.28. The molecule has 0 bridgehead atoms. The Labute approximate surface area is 261 Å². The molecule has 0 radical (unpaired) electrons. The van der Waals surface area contributed by atoms with E-state index in [0.29, 0.717) is 42.2 Å². The summed E-state index contributed by atoms with van der Waals surface area (Å²) in [6.07, 6.45) is 5.98. The maximum Gasteiger partial charge on any atom is 0.242 e. The van der Waals surface area contributed by atoms with Crippen molar-refractivity contribution < 1.29 is 27.1 Å². The van der Waals surface area contributed by atoms with E-state index in [4.69, 9.17) is 27.5 Å². The van der Waals surface area contributed by atoms with E-state index >= 15 is 0 Å². The second-order valence-corrected chi connectivity index (χ2v) is 14.9. The van der Waals surface area contributed by atoms with E-state index in [-0.39, 0.29) is 41.6 Å². The number of thioether (sulfide) groups is 1. The molecule has 1 aromatic carbocycles. The number of piperidine rings is 1. The first-order valence-corrected chi connectivity index (χ1v) is 17.6. The second-order valence-electron chi connectivity index (χ2n) is 11.3. The Morgan fingerprint density at radius 2 is 2.07 bits per heavy atom. The number of nitrogens with one attached hydrogen (secondary N) is 4. The minimum absolute atomic E-state index is 0.00189. The van der Waals surface area contributed by atoms with Gasteiger partial charge >= 0.3 is 0 Å². The van der Waals surface area contributed by atoms with Gasteiger partial charge in [0.1, 0.15) is 23.7 Å². The Kier molecular flexibility index (Phi) is 11.9. The van der Waals surface area contributed by atoms with Gasteiger partial charge in [-0.25, -0.2) is 17.5 Å². The van der Waals surface area contributed by atoms with Crippen LogP contribution >= 0.6 is 23.4 Å². The fourth-order valence-electron chi connectivity index (χ4n) is 5.67. The third-order valence-electron chi connectivity index (χ3n) is 7.94. The second kappa shape index (κ2) is 15.2. The fourth-order valence-corrected chi connectivity index (χ4v) is 7.60. The summed E-state index contributed by atoms with van der Waals surface area (Å²) in [6, 6.07) is 2.34. The van der Waals surface area contributed by atoms with Crippen LogP contribution in [0.2, 0.25) is 5.02 Å². The van der Waals surface area contributed by atoms with Crippen LogP contribution in [-0.4, -0.2) is 86.8 Å². The molecule has 0 aliphatic carbocycles. The summed E-state index contributed by atoms with van der Waals surface area (Å²) in [4.78, 5) is 29.5. The van der Waals surface area contributed by atoms with Crippen molar-refractivity contribution in [2.75, 3.05) is 32.4 Å². The van der Waals surface area contributed by atoms with Gasteiger partial charge in [-0.1, -0.05) is 23.7 Å². The lowest BCUT2D eigenvalue weighted by atomic mass is 9.91. The van der Waals surface area contributed by atoms with Crippen molar-refractivity contribution in [3.63, 3.8) is 0 Å². The summed E-state index contributed by atoms with van der Waals surface area (Å²) in [5.41, 5.74) is 5.87. The number of nitrogens with zero attached hydrogens (tertiary/aromatic N) is 1. The molecule has 0 aromatic heterocycles. The number of halogens is 2. The Morgan fingerprint density at radius 1 is 1.33 bits per heavy atom. The zero-order valence-electron chi connectivity index (χ0n) is 24.1. The van der Waals surface area contributed by atoms with Crippen LogP contribution in [0.15, 0.2) is 29.2 Å². The first-order valence-electron chi connectivity index (χ1n) is 14.4. The summed E-state index contributed by atoms with van der Waals surface area (Å²) in [5.74, 6) is -1.03. The number of allylic oxidation sites excluding steroid dienone is 1. The predicted molar refractivity (Wildman–Crippen MR) is 166 cm³/mol. The van der Waals surface area contributed by atoms with Gasteiger partial charge in [-0.05, 0) is 63.2 Å². The number of amides is 2. The van der Waals surface area contributed by atoms with Gasteiger partial charge in [0.25, 0.3) is 0 Å². The smallest absolute Gasteiger partial charge is 0.242 e. The molecule has 3 aliphatic heterocycles. The third-order valence-corrected chi connectivity index (χ3v) is 10.2. The van der Waals surface area contributed by atoms with E-state index < -0.39 is 39.9 Å². The lowest BCUT2D eigenvalue weighted by Crippen LogP contribution is -2.54. The Balaban J connectivity index is 1.46. The standard InChI is InChI=1S/C28H40ClFN6O5S2/c1-43(39,40)35-23(6-2-17-8-10-33-11-9-17)28(38)36-15-20(41-16-18-3-4-19(29)12-22(18)30)13-24(36)27(37)34-14-21-5-7-25(42-21)26(31)32/h3-4,7,12,17,20-21,23-24,33,35H,2,5-6,8-11,13-16H2,1H3,(H3,31,32)(H,34,37)/t20-,21?,23-,24+/m1/s1. The number of carbonyl (C=O) groups is 2. The van der Waals surface area contributed by atoms with Crippen LogP contribution in [0, 0.1) is 17.1 Å². The Bertz CT molecular complexity index is 1330. The molecular weight excluding hydrogens is 619 g/mol. The van der Waals surface area contributed by atoms with E-state index in [1.54, 1.807) is 6.07 Å². The number of carbonyl (C=O) groups excluding carboxylic acids is 2. The van der Waals surface area contributed by atoms with Crippen LogP contribution in [0.1, 0.15) is 44.1 Å². The van der Waals surface area contributed by atoms with Gasteiger partial charge in [-0.15, -0.1) is 11.8 Å². The Morgan fingerprint density at radius 3 is 2.72 bits per heavy atom. The number of benzene rings is 1. The monoisotopic (exact) mass is 658 g/mol. The average Bonchev–Trinajstić information content (AvgIpc) is 3.61. The zero-order chi connectivity index (χ0) is 31.1. The average molecular weight is 659 g/mol. The summed E-state index contributed by atoms with van der Waals surface area (Å²) < 4.78 is 47.4. The topological polar surface area (TPSA) is 167 Å². The maximum atomic E-state index is 14.4. The molecule has 238 valence electrons. The molecule has 2 saturated heterocycles. The SMILES string of the molecule is CS(=O)(=O)N[C@H](CCC1CCNCC1)C(=O)N1C[C@H](OCc2ccc(Cl)cc2F)C[C@H]1C(=O)NCC1CC=C(C(=N)N)S1. The van der Waals surface area contributed by atoms with Gasteiger partial charge < -0.3 is 26.0 Å². The third kappa shape index (κ3) is 9.88. The number of nitrogens with two attached hydrogens (primary N) is 1. The molecule has 4 rings (SSSR count). The predicted octanol–water partition coefficient (Wildman–Crippen LogP) is 2.10. The number of rotatable bonds is 13. The van der Waals surface area contributed by atoms with Crippen LogP contribution < -0.4 is 21.1 Å². The molecule has 2 amide bonds. The highest BCUT2D eigenvalue weighted by Crippen LogP contribution is 2.32. The molecule has 11 nitrogen and oxygen atoms in total. The van der Waals surface area contributed by atoms with E-state index in [1.807, 2.05) is 6.08 Å². The summed E-state index contributed by atoms with van der Waals surface area (Å²) in [5, 5.41) is 14.1.